The molecule has 0 spiro atoms. The lowest BCUT2D eigenvalue weighted by atomic mass is 9.96. The minimum atomic E-state index is -4.59. The lowest BCUT2D eigenvalue weighted by Gasteiger charge is -2.35. The largest absolute Gasteiger partial charge is 0.481 e. The number of carboxylic acid groups (broad SMARTS) is 1. The first-order chi connectivity index (χ1) is 10.4. The van der Waals surface area contributed by atoms with E-state index in [2.05, 4.69) is 0 Å². The van der Waals surface area contributed by atoms with Gasteiger partial charge in [-0.25, -0.2) is 0 Å². The van der Waals surface area contributed by atoms with Gasteiger partial charge in [0.1, 0.15) is 0 Å². The van der Waals surface area contributed by atoms with Crippen LogP contribution >= 0.6 is 0 Å². The molecule has 1 unspecified atom stereocenters. The van der Waals surface area contributed by atoms with Gasteiger partial charge in [-0.2, -0.15) is 13.2 Å². The molecule has 0 aliphatic carbocycles. The molecule has 0 aromatic heterocycles. The monoisotopic (exact) mass is 338 g/mol. The van der Waals surface area contributed by atoms with Crippen molar-refractivity contribution in [2.45, 2.75) is 58.9 Å². The quantitative estimate of drug-likeness (QED) is 0.835. The van der Waals surface area contributed by atoms with Crippen molar-refractivity contribution in [2.24, 2.45) is 11.8 Å². The van der Waals surface area contributed by atoms with E-state index in [1.807, 2.05) is 27.7 Å². The van der Waals surface area contributed by atoms with Gasteiger partial charge in [-0.15, -0.1) is 0 Å². The highest BCUT2D eigenvalue weighted by Crippen LogP contribution is 2.38. The SMILES string of the molecule is CC(C(=O)N(C(C)C)C(C)C)N1C[C@@H](C(F)(F)F)[C@H](C(=O)O)C1. The number of amides is 1. The molecule has 0 saturated carbocycles. The predicted molar refractivity (Wildman–Crippen MR) is 78.8 cm³/mol. The number of nitrogens with zero attached hydrogens (tertiary/aromatic N) is 2. The molecule has 1 saturated heterocycles. The van der Waals surface area contributed by atoms with Gasteiger partial charge in [0.05, 0.1) is 17.9 Å². The summed E-state index contributed by atoms with van der Waals surface area (Å²) in [6, 6.07) is -0.948. The predicted octanol–water partition coefficient (Wildman–Crippen LogP) is 2.22. The molecule has 1 N–H and O–H groups in total. The Morgan fingerprint density at radius 1 is 1.09 bits per heavy atom. The fourth-order valence-corrected chi connectivity index (χ4v) is 3.21. The summed E-state index contributed by atoms with van der Waals surface area (Å²) in [6.07, 6.45) is -4.59. The van der Waals surface area contributed by atoms with E-state index in [-0.39, 0.29) is 24.5 Å². The maximum Gasteiger partial charge on any atom is 0.393 e. The first-order valence-electron chi connectivity index (χ1n) is 7.73. The summed E-state index contributed by atoms with van der Waals surface area (Å²) in [5.41, 5.74) is 0. The van der Waals surface area contributed by atoms with Crippen molar-refractivity contribution >= 4 is 11.9 Å². The van der Waals surface area contributed by atoms with Gasteiger partial charge in [-0.1, -0.05) is 0 Å². The number of carbonyl (C=O) groups is 2. The summed E-state index contributed by atoms with van der Waals surface area (Å²) >= 11 is 0. The van der Waals surface area contributed by atoms with Gasteiger partial charge in [-0.3, -0.25) is 14.5 Å². The number of hydrogen-bond donors (Lipinski definition) is 1. The molecule has 1 rings (SSSR count). The van der Waals surface area contributed by atoms with Crippen LogP contribution in [0, 0.1) is 11.8 Å². The highest BCUT2D eigenvalue weighted by molar-refractivity contribution is 5.82. The van der Waals surface area contributed by atoms with Crippen LogP contribution in [-0.4, -0.2) is 64.2 Å². The van der Waals surface area contributed by atoms with Gasteiger partial charge in [0.2, 0.25) is 5.91 Å². The Kier molecular flexibility index (Phi) is 6.06. The van der Waals surface area contributed by atoms with Crippen molar-refractivity contribution in [1.29, 1.82) is 0 Å². The molecule has 1 aliphatic heterocycles. The van der Waals surface area contributed by atoms with E-state index in [4.69, 9.17) is 5.11 Å². The second-order valence-electron chi connectivity index (χ2n) is 6.66. The molecule has 1 amide bonds. The van der Waals surface area contributed by atoms with Crippen LogP contribution in [-0.2, 0) is 9.59 Å². The van der Waals surface area contributed by atoms with Crippen molar-refractivity contribution < 1.29 is 27.9 Å². The van der Waals surface area contributed by atoms with Crippen LogP contribution in [0.25, 0.3) is 0 Å². The molecule has 0 bridgehead atoms. The first-order valence-corrected chi connectivity index (χ1v) is 7.73. The van der Waals surface area contributed by atoms with Crippen LogP contribution in [0.2, 0.25) is 0 Å². The van der Waals surface area contributed by atoms with E-state index in [0.717, 1.165) is 0 Å². The number of rotatable bonds is 5. The molecule has 1 aliphatic rings. The standard InChI is InChI=1S/C15H25F3N2O3/c1-8(2)20(9(3)4)13(21)10(5)19-6-11(14(22)23)12(7-19)15(16,17)18/h8-12H,6-7H2,1-5H3,(H,22,23)/t10?,11-,12-/m1/s1. The van der Waals surface area contributed by atoms with E-state index in [1.54, 1.807) is 4.90 Å². The Bertz CT molecular complexity index is 444. The van der Waals surface area contributed by atoms with Crippen LogP contribution in [0.1, 0.15) is 34.6 Å². The molecule has 3 atom stereocenters. The lowest BCUT2D eigenvalue weighted by molar-refractivity contribution is -0.188. The van der Waals surface area contributed by atoms with Crippen molar-refractivity contribution in [3.05, 3.63) is 0 Å². The molecule has 0 aromatic rings. The van der Waals surface area contributed by atoms with Crippen LogP contribution in [0.5, 0.6) is 0 Å². The molecular formula is C15H25F3N2O3. The molecular weight excluding hydrogens is 313 g/mol. The van der Waals surface area contributed by atoms with Gasteiger partial charge < -0.3 is 10.0 Å². The third-order valence-electron chi connectivity index (χ3n) is 4.36. The molecule has 0 radical (unpaired) electrons. The van der Waals surface area contributed by atoms with Gasteiger partial charge >= 0.3 is 12.1 Å². The second-order valence-corrected chi connectivity index (χ2v) is 6.66. The minimum absolute atomic E-state index is 0.0822. The number of alkyl halides is 3. The molecule has 1 fully saturated rings. The highest BCUT2D eigenvalue weighted by Gasteiger charge is 2.53. The topological polar surface area (TPSA) is 60.9 Å². The second kappa shape index (κ2) is 7.07. The van der Waals surface area contributed by atoms with Crippen LogP contribution in [0.3, 0.4) is 0 Å². The number of hydrogen-bond acceptors (Lipinski definition) is 3. The Labute approximate surface area is 134 Å². The summed E-state index contributed by atoms with van der Waals surface area (Å²) in [4.78, 5) is 26.7. The molecule has 5 nitrogen and oxygen atoms in total. The third-order valence-corrected chi connectivity index (χ3v) is 4.36. The number of carbonyl (C=O) groups excluding carboxylic acids is 1. The van der Waals surface area contributed by atoms with Crippen molar-refractivity contribution in [3.8, 4) is 0 Å². The maximum atomic E-state index is 13.0. The van der Waals surface area contributed by atoms with Crippen LogP contribution in [0.15, 0.2) is 0 Å². The summed E-state index contributed by atoms with van der Waals surface area (Å²) in [7, 11) is 0. The van der Waals surface area contributed by atoms with Gasteiger partial charge in [-0.05, 0) is 34.6 Å². The van der Waals surface area contributed by atoms with Crippen LogP contribution < -0.4 is 0 Å². The van der Waals surface area contributed by atoms with E-state index in [0.29, 0.717) is 0 Å². The summed E-state index contributed by atoms with van der Waals surface area (Å²) in [5, 5.41) is 9.05. The van der Waals surface area contributed by atoms with E-state index in [1.165, 1.54) is 11.8 Å². The Morgan fingerprint density at radius 2 is 1.57 bits per heavy atom. The zero-order chi connectivity index (χ0) is 18.1. The third kappa shape index (κ3) is 4.37. The molecule has 23 heavy (non-hydrogen) atoms. The minimum Gasteiger partial charge on any atom is -0.481 e. The Balaban J connectivity index is 2.95. The Hall–Kier alpha value is -1.31. The van der Waals surface area contributed by atoms with Crippen molar-refractivity contribution in [2.75, 3.05) is 13.1 Å². The van der Waals surface area contributed by atoms with Crippen molar-refractivity contribution in [3.63, 3.8) is 0 Å². The number of aliphatic carboxylic acids is 1. The lowest BCUT2D eigenvalue weighted by Crippen LogP contribution is -2.51. The zero-order valence-corrected chi connectivity index (χ0v) is 14.1. The smallest absolute Gasteiger partial charge is 0.393 e. The van der Waals surface area contributed by atoms with Crippen LogP contribution in [0.4, 0.5) is 13.2 Å². The average Bonchev–Trinajstić information content (AvgIpc) is 2.81. The van der Waals surface area contributed by atoms with Gasteiger partial charge in [0.15, 0.2) is 0 Å². The fraction of sp³-hybridized carbons (Fsp3) is 0.867. The van der Waals surface area contributed by atoms with Gasteiger partial charge in [0, 0.05) is 25.2 Å². The zero-order valence-electron chi connectivity index (χ0n) is 14.1. The molecule has 8 heteroatoms. The molecule has 1 heterocycles. The summed E-state index contributed by atoms with van der Waals surface area (Å²) in [5.74, 6) is -5.22. The maximum absolute atomic E-state index is 13.0. The average molecular weight is 338 g/mol. The number of halogens is 3. The molecule has 134 valence electrons. The first kappa shape index (κ1) is 19.7. The van der Waals surface area contributed by atoms with Crippen molar-refractivity contribution in [1.82, 2.24) is 9.80 Å². The van der Waals surface area contributed by atoms with E-state index >= 15 is 0 Å². The molecule has 0 aromatic carbocycles. The van der Waals surface area contributed by atoms with E-state index < -0.39 is 36.6 Å². The number of likely N-dealkylation sites (tertiary alicyclic amines) is 1. The summed E-state index contributed by atoms with van der Waals surface area (Å²) < 4.78 is 39.1. The van der Waals surface area contributed by atoms with Gasteiger partial charge in [0.25, 0.3) is 0 Å². The fourth-order valence-electron chi connectivity index (χ4n) is 3.21. The Morgan fingerprint density at radius 3 is 1.87 bits per heavy atom. The van der Waals surface area contributed by atoms with E-state index in [9.17, 15) is 22.8 Å². The summed E-state index contributed by atoms with van der Waals surface area (Å²) in [6.45, 7) is 8.17. The highest BCUT2D eigenvalue weighted by atomic mass is 19.4. The number of carboxylic acids is 1. The normalized spacial score (nSPS) is 24.3.